The number of sulfone groups is 1. The highest BCUT2D eigenvalue weighted by Crippen LogP contribution is 2.30. The van der Waals surface area contributed by atoms with Gasteiger partial charge in [0.1, 0.15) is 9.84 Å². The second-order valence-electron chi connectivity index (χ2n) is 6.76. The smallest absolute Gasteiger partial charge is 0.244 e. The number of benzene rings is 1. The van der Waals surface area contributed by atoms with Gasteiger partial charge in [0.25, 0.3) is 0 Å². The zero-order valence-electron chi connectivity index (χ0n) is 13.7. The summed E-state index contributed by atoms with van der Waals surface area (Å²) >= 11 is 6.20. The van der Waals surface area contributed by atoms with Gasteiger partial charge >= 0.3 is 0 Å². The maximum absolute atomic E-state index is 12.7. The van der Waals surface area contributed by atoms with Crippen LogP contribution in [0.4, 0.5) is 5.69 Å². The van der Waals surface area contributed by atoms with Gasteiger partial charge in [-0.2, -0.15) is 0 Å². The second-order valence-corrected chi connectivity index (χ2v) is 9.50. The number of halogens is 1. The van der Waals surface area contributed by atoms with E-state index in [9.17, 15) is 13.2 Å². The summed E-state index contributed by atoms with van der Waals surface area (Å²) in [6.45, 7) is 0.627. The minimum Gasteiger partial charge on any atom is -0.310 e. The number of nitrogens with zero attached hydrogens (tertiary/aromatic N) is 1. The molecular formula is C17H23ClN2O3S. The molecule has 1 heterocycles. The molecule has 1 aliphatic heterocycles. The third-order valence-corrected chi connectivity index (χ3v) is 6.98. The number of hydrogen-bond donors (Lipinski definition) is 1. The maximum Gasteiger partial charge on any atom is 0.244 e. The predicted octanol–water partition coefficient (Wildman–Crippen LogP) is 2.39. The molecule has 0 spiro atoms. The summed E-state index contributed by atoms with van der Waals surface area (Å²) in [6, 6.07) is 7.16. The summed E-state index contributed by atoms with van der Waals surface area (Å²) < 4.78 is 23.6. The van der Waals surface area contributed by atoms with Gasteiger partial charge in [0, 0.05) is 18.8 Å². The summed E-state index contributed by atoms with van der Waals surface area (Å²) in [6.07, 6.45) is 5.13. The van der Waals surface area contributed by atoms with Crippen molar-refractivity contribution in [2.45, 2.75) is 49.4 Å². The predicted molar refractivity (Wildman–Crippen MR) is 96.2 cm³/mol. The molecule has 1 saturated heterocycles. The summed E-state index contributed by atoms with van der Waals surface area (Å²) in [5, 5.41) is 3.67. The van der Waals surface area contributed by atoms with Crippen LogP contribution in [0, 0.1) is 0 Å². The van der Waals surface area contributed by atoms with Crippen molar-refractivity contribution >= 4 is 33.0 Å². The monoisotopic (exact) mass is 370 g/mol. The van der Waals surface area contributed by atoms with E-state index in [0.717, 1.165) is 24.9 Å². The normalized spacial score (nSPS) is 28.3. The van der Waals surface area contributed by atoms with Crippen LogP contribution >= 0.6 is 11.6 Å². The molecule has 0 aromatic heterocycles. The largest absolute Gasteiger partial charge is 0.310 e. The van der Waals surface area contributed by atoms with Crippen molar-refractivity contribution in [3.8, 4) is 0 Å². The van der Waals surface area contributed by atoms with Crippen LogP contribution in [0.2, 0.25) is 5.02 Å². The van der Waals surface area contributed by atoms with Gasteiger partial charge in [0.2, 0.25) is 5.91 Å². The zero-order chi connectivity index (χ0) is 17.3. The van der Waals surface area contributed by atoms with Crippen LogP contribution in [-0.4, -0.2) is 44.5 Å². The first-order chi connectivity index (χ1) is 11.4. The lowest BCUT2D eigenvalue weighted by atomic mass is 9.94. The van der Waals surface area contributed by atoms with Crippen molar-refractivity contribution in [2.75, 3.05) is 17.7 Å². The van der Waals surface area contributed by atoms with Crippen LogP contribution < -0.4 is 10.2 Å². The fourth-order valence-electron chi connectivity index (χ4n) is 3.71. The van der Waals surface area contributed by atoms with Crippen LogP contribution in [-0.2, 0) is 14.6 Å². The third-order valence-electron chi connectivity index (χ3n) is 5.02. The average Bonchev–Trinajstić information content (AvgIpc) is 2.88. The molecule has 3 atom stereocenters. The molecule has 0 radical (unpaired) electrons. The van der Waals surface area contributed by atoms with Gasteiger partial charge in [-0.25, -0.2) is 8.42 Å². The fourth-order valence-corrected chi connectivity index (χ4v) is 5.13. The zero-order valence-corrected chi connectivity index (χ0v) is 15.3. The Balaban J connectivity index is 1.65. The molecule has 2 aliphatic rings. The molecule has 7 heteroatoms. The van der Waals surface area contributed by atoms with Gasteiger partial charge in [0.05, 0.1) is 22.0 Å². The van der Waals surface area contributed by atoms with E-state index < -0.39 is 9.84 Å². The van der Waals surface area contributed by atoms with E-state index in [0.29, 0.717) is 24.4 Å². The Kier molecular flexibility index (Phi) is 5.18. The topological polar surface area (TPSA) is 66.5 Å². The Bertz CT molecular complexity index is 722. The number of carbonyl (C=O) groups is 1. The van der Waals surface area contributed by atoms with E-state index in [-0.39, 0.29) is 23.2 Å². The summed E-state index contributed by atoms with van der Waals surface area (Å²) in [7, 11) is -3.02. The molecule has 2 fully saturated rings. The van der Waals surface area contributed by atoms with Gasteiger partial charge in [-0.05, 0) is 37.8 Å². The molecule has 132 valence electrons. The lowest BCUT2D eigenvalue weighted by molar-refractivity contribution is -0.119. The van der Waals surface area contributed by atoms with Crippen molar-refractivity contribution in [3.63, 3.8) is 0 Å². The van der Waals surface area contributed by atoms with Crippen LogP contribution in [0.1, 0.15) is 32.1 Å². The van der Waals surface area contributed by atoms with Crippen molar-refractivity contribution in [2.24, 2.45) is 0 Å². The number of carbonyl (C=O) groups excluding carboxylic acids is 1. The first-order valence-corrected chi connectivity index (χ1v) is 10.7. The van der Waals surface area contributed by atoms with Crippen LogP contribution in [0.25, 0.3) is 0 Å². The molecule has 3 rings (SSSR count). The summed E-state index contributed by atoms with van der Waals surface area (Å²) in [4.78, 5) is 14.4. The number of amides is 1. The van der Waals surface area contributed by atoms with Crippen molar-refractivity contribution in [3.05, 3.63) is 29.3 Å². The summed E-state index contributed by atoms with van der Waals surface area (Å²) in [5.74, 6) is 0.0181. The molecule has 1 aliphatic carbocycles. The molecule has 1 N–H and O–H groups in total. The van der Waals surface area contributed by atoms with Gasteiger partial charge in [0.15, 0.2) is 0 Å². The number of rotatable bonds is 4. The van der Waals surface area contributed by atoms with Gasteiger partial charge in [-0.15, -0.1) is 0 Å². The number of para-hydroxylation sites is 1. The van der Waals surface area contributed by atoms with Crippen LogP contribution in [0.5, 0.6) is 0 Å². The Morgan fingerprint density at radius 1 is 1.21 bits per heavy atom. The summed E-state index contributed by atoms with van der Waals surface area (Å²) in [5.41, 5.74) is 0.742. The maximum atomic E-state index is 12.7. The Labute approximate surface area is 148 Å². The quantitative estimate of drug-likeness (QED) is 0.883. The Hall–Kier alpha value is -1.11. The number of hydrogen-bond acceptors (Lipinski definition) is 4. The molecule has 0 bridgehead atoms. The van der Waals surface area contributed by atoms with Gasteiger partial charge in [-0.1, -0.05) is 30.2 Å². The van der Waals surface area contributed by atoms with E-state index >= 15 is 0 Å². The second kappa shape index (κ2) is 7.02. The molecule has 1 saturated carbocycles. The van der Waals surface area contributed by atoms with Gasteiger partial charge < -0.3 is 10.2 Å². The third kappa shape index (κ3) is 3.76. The first-order valence-electron chi connectivity index (χ1n) is 8.37. The highest BCUT2D eigenvalue weighted by Gasteiger charge is 2.36. The first kappa shape index (κ1) is 17.7. The molecule has 1 aromatic rings. The highest BCUT2D eigenvalue weighted by molar-refractivity contribution is 7.91. The number of anilines is 1. The lowest BCUT2D eigenvalue weighted by Crippen LogP contribution is -2.47. The molecular weight excluding hydrogens is 348 g/mol. The Morgan fingerprint density at radius 2 is 1.96 bits per heavy atom. The standard InChI is InChI=1S/C17H23ClN2O3S/c1-24(22,23)13-6-4-5-12(11-13)19-15-9-10-20(17(15)21)16-8-3-2-7-14(16)18/h2-3,7-8,12-13,15,19H,4-6,9-11H2,1H3. The SMILES string of the molecule is CS(=O)(=O)C1CCCC(NC2CCN(c3ccccc3Cl)C2=O)C1. The number of nitrogens with one attached hydrogen (secondary N) is 1. The van der Waals surface area contributed by atoms with Crippen LogP contribution in [0.15, 0.2) is 24.3 Å². The molecule has 1 amide bonds. The molecule has 5 nitrogen and oxygen atoms in total. The minimum absolute atomic E-state index is 0.0181. The van der Waals surface area contributed by atoms with E-state index in [1.54, 1.807) is 11.0 Å². The van der Waals surface area contributed by atoms with Gasteiger partial charge in [-0.3, -0.25) is 4.79 Å². The van der Waals surface area contributed by atoms with Crippen molar-refractivity contribution < 1.29 is 13.2 Å². The lowest BCUT2D eigenvalue weighted by Gasteiger charge is -2.30. The molecule has 1 aromatic carbocycles. The highest BCUT2D eigenvalue weighted by atomic mass is 35.5. The fraction of sp³-hybridized carbons (Fsp3) is 0.588. The van der Waals surface area contributed by atoms with Crippen LogP contribution in [0.3, 0.4) is 0 Å². The van der Waals surface area contributed by atoms with E-state index in [4.69, 9.17) is 11.6 Å². The minimum atomic E-state index is -3.02. The van der Waals surface area contributed by atoms with E-state index in [2.05, 4.69) is 5.32 Å². The van der Waals surface area contributed by atoms with E-state index in [1.165, 1.54) is 6.26 Å². The average molecular weight is 371 g/mol. The van der Waals surface area contributed by atoms with Crippen molar-refractivity contribution in [1.82, 2.24) is 5.32 Å². The molecule has 24 heavy (non-hydrogen) atoms. The van der Waals surface area contributed by atoms with E-state index in [1.807, 2.05) is 18.2 Å². The van der Waals surface area contributed by atoms with Crippen molar-refractivity contribution in [1.29, 1.82) is 0 Å². The molecule has 3 unspecified atom stereocenters. The Morgan fingerprint density at radius 3 is 2.67 bits per heavy atom.